The molecular weight excluding hydrogens is 255 g/mol. The van der Waals surface area contributed by atoms with E-state index in [-0.39, 0.29) is 11.7 Å². The van der Waals surface area contributed by atoms with Crippen molar-refractivity contribution in [3.8, 4) is 11.4 Å². The monoisotopic (exact) mass is 267 g/mol. The Kier molecular flexibility index (Phi) is 2.59. The maximum atomic E-state index is 12.2. The fourth-order valence-corrected chi connectivity index (χ4v) is 2.61. The van der Waals surface area contributed by atoms with E-state index >= 15 is 0 Å². The van der Waals surface area contributed by atoms with Crippen LogP contribution in [-0.2, 0) is 6.42 Å². The molecule has 0 spiro atoms. The number of ether oxygens (including phenoxy) is 1. The quantitative estimate of drug-likeness (QED) is 0.760. The molecule has 0 saturated heterocycles. The molecule has 0 bridgehead atoms. The lowest BCUT2D eigenvalue weighted by Gasteiger charge is -2.25. The molecule has 0 amide bonds. The molecule has 1 atom stereocenters. The lowest BCUT2D eigenvalue weighted by molar-refractivity contribution is -0.274. The van der Waals surface area contributed by atoms with E-state index < -0.39 is 6.36 Å². The van der Waals surface area contributed by atoms with Crippen LogP contribution in [0.3, 0.4) is 0 Å². The fourth-order valence-electron chi connectivity index (χ4n) is 2.61. The first kappa shape index (κ1) is 12.1. The second-order valence-electron chi connectivity index (χ2n) is 4.75. The first-order valence-electron chi connectivity index (χ1n) is 6.00. The van der Waals surface area contributed by atoms with Crippen LogP contribution >= 0.6 is 0 Å². The lowest BCUT2D eigenvalue weighted by atomic mass is 9.93. The van der Waals surface area contributed by atoms with Crippen molar-refractivity contribution in [1.82, 2.24) is 4.57 Å². The zero-order valence-corrected chi connectivity index (χ0v) is 10.2. The summed E-state index contributed by atoms with van der Waals surface area (Å²) in [4.78, 5) is 0. The van der Waals surface area contributed by atoms with Crippen molar-refractivity contribution in [3.05, 3.63) is 47.8 Å². The molecule has 0 saturated carbocycles. The summed E-state index contributed by atoms with van der Waals surface area (Å²) < 4.78 is 42.6. The maximum Gasteiger partial charge on any atom is 0.573 e. The third-order valence-corrected chi connectivity index (χ3v) is 3.36. The first-order valence-corrected chi connectivity index (χ1v) is 6.00. The minimum atomic E-state index is -4.65. The number of fused-ring (bicyclic) bond motifs is 3. The Morgan fingerprint density at radius 3 is 2.79 bits per heavy atom. The molecule has 0 radical (unpaired) electrons. The maximum absolute atomic E-state index is 12.2. The minimum Gasteiger partial charge on any atom is -0.406 e. The summed E-state index contributed by atoms with van der Waals surface area (Å²) in [6.45, 7) is 2.06. The first-order chi connectivity index (χ1) is 8.94. The van der Waals surface area contributed by atoms with Crippen LogP contribution in [0.1, 0.15) is 24.1 Å². The van der Waals surface area contributed by atoms with Gasteiger partial charge in [-0.3, -0.25) is 0 Å². The lowest BCUT2D eigenvalue weighted by Crippen LogP contribution is -2.18. The van der Waals surface area contributed by atoms with E-state index in [1.807, 2.05) is 22.9 Å². The van der Waals surface area contributed by atoms with Gasteiger partial charge in [0.05, 0.1) is 0 Å². The summed E-state index contributed by atoms with van der Waals surface area (Å²) in [5.41, 5.74) is 2.97. The van der Waals surface area contributed by atoms with Gasteiger partial charge >= 0.3 is 6.36 Å². The number of halogens is 3. The van der Waals surface area contributed by atoms with E-state index in [4.69, 9.17) is 0 Å². The topological polar surface area (TPSA) is 14.2 Å². The molecule has 1 aliphatic heterocycles. The van der Waals surface area contributed by atoms with Crippen molar-refractivity contribution in [2.24, 2.45) is 0 Å². The van der Waals surface area contributed by atoms with Gasteiger partial charge in [-0.25, -0.2) is 0 Å². The highest BCUT2D eigenvalue weighted by Gasteiger charge is 2.31. The summed E-state index contributed by atoms with van der Waals surface area (Å²) in [7, 11) is 0. The molecule has 2 aromatic rings. The molecule has 100 valence electrons. The van der Waals surface area contributed by atoms with Gasteiger partial charge in [0, 0.05) is 23.5 Å². The van der Waals surface area contributed by atoms with Crippen molar-refractivity contribution in [2.45, 2.75) is 25.6 Å². The molecule has 1 aliphatic rings. The van der Waals surface area contributed by atoms with E-state index in [0.29, 0.717) is 6.42 Å². The average molecular weight is 267 g/mol. The van der Waals surface area contributed by atoms with Gasteiger partial charge in [-0.2, -0.15) is 0 Å². The van der Waals surface area contributed by atoms with Crippen LogP contribution in [0.4, 0.5) is 13.2 Å². The molecule has 19 heavy (non-hydrogen) atoms. The van der Waals surface area contributed by atoms with E-state index in [2.05, 4.69) is 11.7 Å². The van der Waals surface area contributed by atoms with Gasteiger partial charge in [-0.1, -0.05) is 6.92 Å². The van der Waals surface area contributed by atoms with Crippen molar-refractivity contribution >= 4 is 0 Å². The fraction of sp³-hybridized carbons (Fsp3) is 0.286. The van der Waals surface area contributed by atoms with Crippen molar-refractivity contribution in [3.63, 3.8) is 0 Å². The van der Waals surface area contributed by atoms with Gasteiger partial charge in [-0.05, 0) is 42.3 Å². The molecule has 0 aliphatic carbocycles. The van der Waals surface area contributed by atoms with E-state index in [1.54, 1.807) is 6.07 Å². The zero-order valence-electron chi connectivity index (χ0n) is 10.2. The molecular formula is C14H12F3NO. The Morgan fingerprint density at radius 1 is 1.26 bits per heavy atom. The van der Waals surface area contributed by atoms with Crippen LogP contribution in [0.15, 0.2) is 36.5 Å². The van der Waals surface area contributed by atoms with Gasteiger partial charge in [0.15, 0.2) is 0 Å². The average Bonchev–Trinajstić information content (AvgIpc) is 2.76. The van der Waals surface area contributed by atoms with Crippen LogP contribution < -0.4 is 4.74 Å². The van der Waals surface area contributed by atoms with Gasteiger partial charge in [-0.15, -0.1) is 13.2 Å². The third-order valence-electron chi connectivity index (χ3n) is 3.36. The smallest absolute Gasteiger partial charge is 0.406 e. The Labute approximate surface area is 108 Å². The SMILES string of the molecule is CC1Cc2cc(OC(F)(F)F)ccc2-n2cccc21. The van der Waals surface area contributed by atoms with E-state index in [0.717, 1.165) is 11.3 Å². The highest BCUT2D eigenvalue weighted by Crippen LogP contribution is 2.35. The van der Waals surface area contributed by atoms with Gasteiger partial charge < -0.3 is 9.30 Å². The number of rotatable bonds is 1. The normalized spacial score (nSPS) is 17.8. The second-order valence-corrected chi connectivity index (χ2v) is 4.75. The molecule has 5 heteroatoms. The second kappa shape index (κ2) is 4.05. The zero-order chi connectivity index (χ0) is 13.6. The summed E-state index contributed by atoms with van der Waals surface area (Å²) in [5, 5.41) is 0. The Hall–Kier alpha value is -1.91. The highest BCUT2D eigenvalue weighted by molar-refractivity contribution is 5.50. The van der Waals surface area contributed by atoms with Crippen LogP contribution in [0.5, 0.6) is 5.75 Å². The summed E-state index contributed by atoms with van der Waals surface area (Å²) in [5.74, 6) is 0.123. The minimum absolute atomic E-state index is 0.158. The number of alkyl halides is 3. The predicted molar refractivity (Wildman–Crippen MR) is 64.6 cm³/mol. The molecule has 1 aromatic heterocycles. The highest BCUT2D eigenvalue weighted by atomic mass is 19.4. The van der Waals surface area contributed by atoms with Crippen LogP contribution in [-0.4, -0.2) is 10.9 Å². The Bertz CT molecular complexity index is 615. The largest absolute Gasteiger partial charge is 0.573 e. The Morgan fingerprint density at radius 2 is 2.05 bits per heavy atom. The predicted octanol–water partition coefficient (Wildman–Crippen LogP) is 4.04. The summed E-state index contributed by atoms with van der Waals surface area (Å²) >= 11 is 0. The van der Waals surface area contributed by atoms with Gasteiger partial charge in [0.1, 0.15) is 5.75 Å². The van der Waals surface area contributed by atoms with Crippen LogP contribution in [0.2, 0.25) is 0 Å². The van der Waals surface area contributed by atoms with Gasteiger partial charge in [0.25, 0.3) is 0 Å². The number of hydrogen-bond acceptors (Lipinski definition) is 1. The number of hydrogen-bond donors (Lipinski definition) is 0. The van der Waals surface area contributed by atoms with E-state index in [9.17, 15) is 13.2 Å². The van der Waals surface area contributed by atoms with Crippen molar-refractivity contribution < 1.29 is 17.9 Å². The van der Waals surface area contributed by atoms with Gasteiger partial charge in [0.2, 0.25) is 0 Å². The van der Waals surface area contributed by atoms with Crippen molar-refractivity contribution in [1.29, 1.82) is 0 Å². The van der Waals surface area contributed by atoms with Crippen LogP contribution in [0, 0.1) is 0 Å². The van der Waals surface area contributed by atoms with E-state index in [1.165, 1.54) is 17.8 Å². The number of nitrogens with zero attached hydrogens (tertiary/aromatic N) is 1. The third kappa shape index (κ3) is 2.20. The molecule has 0 fully saturated rings. The number of aromatic nitrogens is 1. The molecule has 2 nitrogen and oxygen atoms in total. The molecule has 1 unspecified atom stereocenters. The Balaban J connectivity index is 2.02. The molecule has 0 N–H and O–H groups in total. The standard InChI is InChI=1S/C14H12F3NO/c1-9-7-10-8-11(19-14(15,16)17)4-5-13(10)18-6-2-3-12(9)18/h2-6,8-9H,7H2,1H3. The number of benzene rings is 1. The summed E-state index contributed by atoms with van der Waals surface area (Å²) in [6.07, 6.45) is -2.00. The van der Waals surface area contributed by atoms with Crippen LogP contribution in [0.25, 0.3) is 5.69 Å². The molecule has 2 heterocycles. The summed E-state index contributed by atoms with van der Waals surface area (Å²) in [6, 6.07) is 8.48. The molecule has 1 aromatic carbocycles. The van der Waals surface area contributed by atoms with Crippen molar-refractivity contribution in [2.75, 3.05) is 0 Å². The molecule has 3 rings (SSSR count).